The molecule has 0 saturated carbocycles. The zero-order chi connectivity index (χ0) is 21.2. The second kappa shape index (κ2) is 10.8. The van der Waals surface area contributed by atoms with Gasteiger partial charge in [0.05, 0.1) is 13.5 Å². The standard InChI is InChI=1S/C22H27N3O4/c1-15(2)20(25-19(26)13-16-7-5-4-6-8-16)21(27)23-14-17-9-11-18(12-10-17)24-22(28)29-3/h4-12,15,20H,13-14H2,1-3H3,(H,23,27)(H,24,28)(H,25,26)/t20-/m0/s1. The van der Waals surface area contributed by atoms with Gasteiger partial charge in [-0.05, 0) is 29.2 Å². The first-order valence-corrected chi connectivity index (χ1v) is 9.44. The molecular weight excluding hydrogens is 370 g/mol. The van der Waals surface area contributed by atoms with E-state index in [-0.39, 0.29) is 24.2 Å². The van der Waals surface area contributed by atoms with Crippen molar-refractivity contribution in [2.75, 3.05) is 12.4 Å². The molecule has 1 atom stereocenters. The number of anilines is 1. The molecule has 0 unspecified atom stereocenters. The second-order valence-electron chi connectivity index (χ2n) is 6.98. The maximum Gasteiger partial charge on any atom is 0.411 e. The SMILES string of the molecule is COC(=O)Nc1ccc(CNC(=O)[C@@H](NC(=O)Cc2ccccc2)C(C)C)cc1. The molecular formula is C22H27N3O4. The predicted molar refractivity (Wildman–Crippen MR) is 111 cm³/mol. The Kier molecular flexibility index (Phi) is 8.21. The molecule has 154 valence electrons. The van der Waals surface area contributed by atoms with Crippen LogP contribution in [0.2, 0.25) is 0 Å². The minimum atomic E-state index is -0.619. The van der Waals surface area contributed by atoms with Crippen LogP contribution >= 0.6 is 0 Å². The molecule has 0 aliphatic heterocycles. The van der Waals surface area contributed by atoms with Gasteiger partial charge in [0.1, 0.15) is 6.04 Å². The average Bonchev–Trinajstić information content (AvgIpc) is 2.71. The van der Waals surface area contributed by atoms with Crippen molar-refractivity contribution in [3.63, 3.8) is 0 Å². The highest BCUT2D eigenvalue weighted by atomic mass is 16.5. The van der Waals surface area contributed by atoms with Crippen LogP contribution in [-0.4, -0.2) is 31.1 Å². The number of benzene rings is 2. The van der Waals surface area contributed by atoms with E-state index in [1.165, 1.54) is 7.11 Å². The van der Waals surface area contributed by atoms with Crippen LogP contribution in [0.4, 0.5) is 10.5 Å². The molecule has 29 heavy (non-hydrogen) atoms. The van der Waals surface area contributed by atoms with Crippen molar-refractivity contribution in [3.05, 3.63) is 65.7 Å². The van der Waals surface area contributed by atoms with Gasteiger partial charge < -0.3 is 15.4 Å². The Morgan fingerprint density at radius 3 is 2.17 bits per heavy atom. The van der Waals surface area contributed by atoms with E-state index in [2.05, 4.69) is 20.7 Å². The molecule has 0 heterocycles. The van der Waals surface area contributed by atoms with Gasteiger partial charge in [0.2, 0.25) is 11.8 Å². The van der Waals surface area contributed by atoms with Gasteiger partial charge in [-0.3, -0.25) is 14.9 Å². The first-order chi connectivity index (χ1) is 13.9. The van der Waals surface area contributed by atoms with Crippen LogP contribution in [0, 0.1) is 5.92 Å². The first-order valence-electron chi connectivity index (χ1n) is 9.44. The molecule has 0 saturated heterocycles. The number of carbonyl (C=O) groups excluding carboxylic acids is 3. The van der Waals surface area contributed by atoms with E-state index >= 15 is 0 Å². The van der Waals surface area contributed by atoms with Crippen LogP contribution in [0.25, 0.3) is 0 Å². The Hall–Kier alpha value is -3.35. The molecule has 0 fully saturated rings. The summed E-state index contributed by atoms with van der Waals surface area (Å²) in [6.07, 6.45) is -0.316. The molecule has 0 radical (unpaired) electrons. The lowest BCUT2D eigenvalue weighted by Crippen LogP contribution is -2.49. The average molecular weight is 397 g/mol. The lowest BCUT2D eigenvalue weighted by molar-refractivity contribution is -0.129. The van der Waals surface area contributed by atoms with E-state index in [0.717, 1.165) is 11.1 Å². The molecule has 0 aromatic heterocycles. The Labute approximate surface area is 170 Å². The fraction of sp³-hybridized carbons (Fsp3) is 0.318. The number of nitrogens with one attached hydrogen (secondary N) is 3. The highest BCUT2D eigenvalue weighted by molar-refractivity contribution is 5.88. The van der Waals surface area contributed by atoms with Crippen molar-refractivity contribution in [1.29, 1.82) is 0 Å². The van der Waals surface area contributed by atoms with Crippen LogP contribution in [0.1, 0.15) is 25.0 Å². The summed E-state index contributed by atoms with van der Waals surface area (Å²) in [5.41, 5.74) is 2.36. The summed E-state index contributed by atoms with van der Waals surface area (Å²) in [7, 11) is 1.29. The van der Waals surface area contributed by atoms with E-state index in [4.69, 9.17) is 0 Å². The van der Waals surface area contributed by atoms with Crippen molar-refractivity contribution in [2.24, 2.45) is 5.92 Å². The van der Waals surface area contributed by atoms with Crippen molar-refractivity contribution < 1.29 is 19.1 Å². The van der Waals surface area contributed by atoms with Gasteiger partial charge in [-0.25, -0.2) is 4.79 Å². The quantitative estimate of drug-likeness (QED) is 0.638. The molecule has 3 N–H and O–H groups in total. The summed E-state index contributed by atoms with van der Waals surface area (Å²) >= 11 is 0. The molecule has 2 aromatic rings. The highest BCUT2D eigenvalue weighted by Gasteiger charge is 2.23. The molecule has 2 aromatic carbocycles. The third-order valence-electron chi connectivity index (χ3n) is 4.33. The van der Waals surface area contributed by atoms with Crippen LogP contribution < -0.4 is 16.0 Å². The van der Waals surface area contributed by atoms with E-state index in [1.54, 1.807) is 24.3 Å². The van der Waals surface area contributed by atoms with Gasteiger partial charge in [0, 0.05) is 12.2 Å². The largest absolute Gasteiger partial charge is 0.453 e. The zero-order valence-electron chi connectivity index (χ0n) is 16.9. The van der Waals surface area contributed by atoms with E-state index < -0.39 is 12.1 Å². The molecule has 0 bridgehead atoms. The molecule has 0 aliphatic rings. The lowest BCUT2D eigenvalue weighted by Gasteiger charge is -2.22. The van der Waals surface area contributed by atoms with Gasteiger partial charge in [-0.1, -0.05) is 56.3 Å². The number of hydrogen-bond donors (Lipinski definition) is 3. The van der Waals surface area contributed by atoms with Crippen molar-refractivity contribution >= 4 is 23.6 Å². The summed E-state index contributed by atoms with van der Waals surface area (Å²) in [6, 6.07) is 15.8. The molecule has 2 rings (SSSR count). The fourth-order valence-corrected chi connectivity index (χ4v) is 2.71. The van der Waals surface area contributed by atoms with Crippen molar-refractivity contribution in [2.45, 2.75) is 32.9 Å². The lowest BCUT2D eigenvalue weighted by atomic mass is 10.0. The zero-order valence-corrected chi connectivity index (χ0v) is 16.9. The molecule has 7 heteroatoms. The first kappa shape index (κ1) is 21.9. The Bertz CT molecular complexity index is 820. The predicted octanol–water partition coefficient (Wildman–Crippen LogP) is 2.86. The van der Waals surface area contributed by atoms with E-state index in [9.17, 15) is 14.4 Å². The van der Waals surface area contributed by atoms with Crippen LogP contribution in [0.5, 0.6) is 0 Å². The number of methoxy groups -OCH3 is 1. The maximum absolute atomic E-state index is 12.6. The second-order valence-corrected chi connectivity index (χ2v) is 6.98. The summed E-state index contributed by atoms with van der Waals surface area (Å²) in [4.78, 5) is 36.1. The Morgan fingerprint density at radius 2 is 1.59 bits per heavy atom. The van der Waals surface area contributed by atoms with Crippen molar-refractivity contribution in [1.82, 2.24) is 10.6 Å². The third-order valence-corrected chi connectivity index (χ3v) is 4.33. The molecule has 3 amide bonds. The normalized spacial score (nSPS) is 11.4. The van der Waals surface area contributed by atoms with E-state index in [0.29, 0.717) is 12.2 Å². The Balaban J connectivity index is 1.88. The monoisotopic (exact) mass is 397 g/mol. The highest BCUT2D eigenvalue weighted by Crippen LogP contribution is 2.10. The summed E-state index contributed by atoms with van der Waals surface area (Å²) in [5, 5.41) is 8.24. The van der Waals surface area contributed by atoms with Crippen molar-refractivity contribution in [3.8, 4) is 0 Å². The van der Waals surface area contributed by atoms with Crippen LogP contribution in [0.15, 0.2) is 54.6 Å². The number of ether oxygens (including phenoxy) is 1. The maximum atomic E-state index is 12.6. The number of amides is 3. The van der Waals surface area contributed by atoms with E-state index in [1.807, 2.05) is 44.2 Å². The number of rotatable bonds is 8. The summed E-state index contributed by atoms with van der Waals surface area (Å²) in [6.45, 7) is 4.09. The van der Waals surface area contributed by atoms with Gasteiger partial charge >= 0.3 is 6.09 Å². The number of hydrogen-bond acceptors (Lipinski definition) is 4. The Morgan fingerprint density at radius 1 is 0.931 bits per heavy atom. The molecule has 0 spiro atoms. The summed E-state index contributed by atoms with van der Waals surface area (Å²) in [5.74, 6) is -0.484. The van der Waals surface area contributed by atoms with Gasteiger partial charge in [-0.15, -0.1) is 0 Å². The van der Waals surface area contributed by atoms with Gasteiger partial charge in [0.15, 0.2) is 0 Å². The third kappa shape index (κ3) is 7.29. The fourth-order valence-electron chi connectivity index (χ4n) is 2.71. The van der Waals surface area contributed by atoms with Gasteiger partial charge in [0.25, 0.3) is 0 Å². The van der Waals surface area contributed by atoms with Crippen LogP contribution in [-0.2, 0) is 27.3 Å². The summed E-state index contributed by atoms with van der Waals surface area (Å²) < 4.78 is 4.54. The molecule has 7 nitrogen and oxygen atoms in total. The minimum absolute atomic E-state index is 0.0543. The molecule has 0 aliphatic carbocycles. The topological polar surface area (TPSA) is 96.5 Å². The smallest absolute Gasteiger partial charge is 0.411 e. The van der Waals surface area contributed by atoms with Crippen LogP contribution in [0.3, 0.4) is 0 Å². The van der Waals surface area contributed by atoms with Gasteiger partial charge in [-0.2, -0.15) is 0 Å². The minimum Gasteiger partial charge on any atom is -0.453 e. The number of carbonyl (C=O) groups is 3.